The maximum absolute atomic E-state index is 11.8. The molecule has 5 heteroatoms. The molecule has 2 aromatic rings. The maximum atomic E-state index is 11.8. The number of rotatable bonds is 2. The Morgan fingerprint density at radius 3 is 2.88 bits per heavy atom. The fourth-order valence-corrected chi connectivity index (χ4v) is 1.27. The van der Waals surface area contributed by atoms with Gasteiger partial charge in [0, 0.05) is 18.6 Å². The first kappa shape index (κ1) is 10.8. The van der Waals surface area contributed by atoms with Gasteiger partial charge in [-0.2, -0.15) is 5.26 Å². The Morgan fingerprint density at radius 2 is 2.18 bits per heavy atom. The Balaban J connectivity index is 2.18. The summed E-state index contributed by atoms with van der Waals surface area (Å²) in [5, 5.41) is 11.4. The van der Waals surface area contributed by atoms with Gasteiger partial charge in [0.25, 0.3) is 5.91 Å². The van der Waals surface area contributed by atoms with Gasteiger partial charge in [-0.1, -0.05) is 0 Å². The van der Waals surface area contributed by atoms with Gasteiger partial charge in [0.15, 0.2) is 0 Å². The number of nitrogens with zero attached hydrogens (tertiary/aromatic N) is 3. The first-order valence-corrected chi connectivity index (χ1v) is 4.86. The molecule has 0 saturated heterocycles. The van der Waals surface area contributed by atoms with E-state index < -0.39 is 0 Å². The smallest absolute Gasteiger partial charge is 0.257 e. The molecule has 0 bridgehead atoms. The summed E-state index contributed by atoms with van der Waals surface area (Å²) in [7, 11) is 0. The molecule has 17 heavy (non-hydrogen) atoms. The van der Waals surface area contributed by atoms with Crippen LogP contribution in [-0.2, 0) is 0 Å². The maximum Gasteiger partial charge on any atom is 0.257 e. The number of pyridine rings is 2. The Bertz CT molecular complexity index is 575. The minimum Gasteiger partial charge on any atom is -0.321 e. The third-order valence-electron chi connectivity index (χ3n) is 2.05. The van der Waals surface area contributed by atoms with Crippen molar-refractivity contribution < 1.29 is 4.79 Å². The van der Waals surface area contributed by atoms with E-state index in [0.717, 1.165) is 0 Å². The lowest BCUT2D eigenvalue weighted by atomic mass is 10.2. The van der Waals surface area contributed by atoms with Crippen LogP contribution in [0.3, 0.4) is 0 Å². The van der Waals surface area contributed by atoms with Crippen LogP contribution in [0.5, 0.6) is 0 Å². The van der Waals surface area contributed by atoms with Gasteiger partial charge in [0.1, 0.15) is 6.07 Å². The molecule has 0 atom stereocenters. The number of nitriles is 1. The van der Waals surface area contributed by atoms with Crippen molar-refractivity contribution in [3.8, 4) is 6.07 Å². The summed E-state index contributed by atoms with van der Waals surface area (Å²) in [4.78, 5) is 19.5. The quantitative estimate of drug-likeness (QED) is 0.840. The molecule has 0 fully saturated rings. The summed E-state index contributed by atoms with van der Waals surface area (Å²) in [6, 6.07) is 6.87. The lowest BCUT2D eigenvalue weighted by Gasteiger charge is -2.03. The first-order valence-electron chi connectivity index (χ1n) is 4.86. The molecule has 0 aliphatic rings. The molecule has 1 amide bonds. The summed E-state index contributed by atoms with van der Waals surface area (Å²) in [5.41, 5.74) is 1.29. The monoisotopic (exact) mass is 224 g/mol. The van der Waals surface area contributed by atoms with E-state index in [1.165, 1.54) is 18.5 Å². The molecule has 5 nitrogen and oxygen atoms in total. The SMILES string of the molecule is N#Cc1cncc(C(=O)Nc2cccnc2)c1. The van der Waals surface area contributed by atoms with E-state index in [4.69, 9.17) is 5.26 Å². The molecule has 0 radical (unpaired) electrons. The highest BCUT2D eigenvalue weighted by molar-refractivity contribution is 6.04. The molecule has 2 rings (SSSR count). The second kappa shape index (κ2) is 4.86. The second-order valence-corrected chi connectivity index (χ2v) is 3.27. The first-order chi connectivity index (χ1) is 8.29. The van der Waals surface area contributed by atoms with Crippen LogP contribution in [-0.4, -0.2) is 15.9 Å². The number of aromatic nitrogens is 2. The number of hydrogen-bond acceptors (Lipinski definition) is 4. The number of amides is 1. The van der Waals surface area contributed by atoms with Crippen LogP contribution in [0.4, 0.5) is 5.69 Å². The van der Waals surface area contributed by atoms with Crippen LogP contribution >= 0.6 is 0 Å². The molecular formula is C12H8N4O. The molecule has 0 saturated carbocycles. The molecule has 0 aliphatic heterocycles. The van der Waals surface area contributed by atoms with Gasteiger partial charge in [-0.3, -0.25) is 14.8 Å². The average molecular weight is 224 g/mol. The standard InChI is InChI=1S/C12H8N4O/c13-5-9-4-10(7-15-6-9)12(17)16-11-2-1-3-14-8-11/h1-4,6-8H,(H,16,17). The van der Waals surface area contributed by atoms with Crippen LogP contribution in [0.15, 0.2) is 43.0 Å². The lowest BCUT2D eigenvalue weighted by molar-refractivity contribution is 0.102. The third-order valence-corrected chi connectivity index (χ3v) is 2.05. The van der Waals surface area contributed by atoms with Gasteiger partial charge in [-0.25, -0.2) is 0 Å². The second-order valence-electron chi connectivity index (χ2n) is 3.27. The summed E-state index contributed by atoms with van der Waals surface area (Å²) in [6.07, 6.45) is 5.97. The molecule has 1 N–H and O–H groups in total. The molecule has 0 spiro atoms. The van der Waals surface area contributed by atoms with Crippen molar-refractivity contribution in [3.05, 3.63) is 54.1 Å². The summed E-state index contributed by atoms with van der Waals surface area (Å²) < 4.78 is 0. The fourth-order valence-electron chi connectivity index (χ4n) is 1.27. The van der Waals surface area contributed by atoms with Crippen molar-refractivity contribution in [2.45, 2.75) is 0 Å². The van der Waals surface area contributed by atoms with E-state index in [1.54, 1.807) is 24.5 Å². The van der Waals surface area contributed by atoms with Crippen LogP contribution in [0.25, 0.3) is 0 Å². The van der Waals surface area contributed by atoms with Crippen LogP contribution < -0.4 is 5.32 Å². The number of carbonyl (C=O) groups is 1. The highest BCUT2D eigenvalue weighted by atomic mass is 16.1. The van der Waals surface area contributed by atoms with Crippen molar-refractivity contribution in [3.63, 3.8) is 0 Å². The Hall–Kier alpha value is -2.74. The van der Waals surface area contributed by atoms with Crippen LogP contribution in [0.2, 0.25) is 0 Å². The summed E-state index contributed by atoms with van der Waals surface area (Å²) >= 11 is 0. The predicted molar refractivity (Wildman–Crippen MR) is 61.1 cm³/mol. The van der Waals surface area contributed by atoms with E-state index in [-0.39, 0.29) is 5.91 Å². The Morgan fingerprint density at radius 1 is 1.29 bits per heavy atom. The van der Waals surface area contributed by atoms with Crippen molar-refractivity contribution in [1.82, 2.24) is 9.97 Å². The highest BCUT2D eigenvalue weighted by Gasteiger charge is 2.07. The van der Waals surface area contributed by atoms with Gasteiger partial charge in [0.2, 0.25) is 0 Å². The van der Waals surface area contributed by atoms with Crippen molar-refractivity contribution in [2.75, 3.05) is 5.32 Å². The zero-order valence-corrected chi connectivity index (χ0v) is 8.79. The minimum atomic E-state index is -0.317. The van der Waals surface area contributed by atoms with Gasteiger partial charge in [0.05, 0.1) is 23.0 Å². The predicted octanol–water partition coefficient (Wildman–Crippen LogP) is 1.60. The molecule has 82 valence electrons. The minimum absolute atomic E-state index is 0.317. The zero-order chi connectivity index (χ0) is 12.1. The third kappa shape index (κ3) is 2.63. The van der Waals surface area contributed by atoms with Crippen molar-refractivity contribution in [1.29, 1.82) is 5.26 Å². The van der Waals surface area contributed by atoms with Gasteiger partial charge >= 0.3 is 0 Å². The van der Waals surface area contributed by atoms with Crippen molar-refractivity contribution >= 4 is 11.6 Å². The lowest BCUT2D eigenvalue weighted by Crippen LogP contribution is -2.12. The van der Waals surface area contributed by atoms with Gasteiger partial charge in [-0.05, 0) is 18.2 Å². The van der Waals surface area contributed by atoms with E-state index >= 15 is 0 Å². The molecule has 2 heterocycles. The van der Waals surface area contributed by atoms with Crippen molar-refractivity contribution in [2.24, 2.45) is 0 Å². The molecule has 0 aromatic carbocycles. The largest absolute Gasteiger partial charge is 0.321 e. The number of hydrogen-bond donors (Lipinski definition) is 1. The van der Waals surface area contributed by atoms with Gasteiger partial charge in [-0.15, -0.1) is 0 Å². The molecule has 0 aliphatic carbocycles. The topological polar surface area (TPSA) is 78.7 Å². The molecular weight excluding hydrogens is 216 g/mol. The average Bonchev–Trinajstić information content (AvgIpc) is 2.40. The van der Waals surface area contributed by atoms with Crippen LogP contribution in [0.1, 0.15) is 15.9 Å². The van der Waals surface area contributed by atoms with E-state index in [2.05, 4.69) is 15.3 Å². The van der Waals surface area contributed by atoms with Crippen LogP contribution in [0, 0.1) is 11.3 Å². The van der Waals surface area contributed by atoms with Gasteiger partial charge < -0.3 is 5.32 Å². The normalized spacial score (nSPS) is 9.35. The molecule has 0 unspecified atom stereocenters. The highest BCUT2D eigenvalue weighted by Crippen LogP contribution is 2.07. The van der Waals surface area contributed by atoms with E-state index in [1.807, 2.05) is 6.07 Å². The zero-order valence-electron chi connectivity index (χ0n) is 8.79. The Labute approximate surface area is 97.8 Å². The Kier molecular flexibility index (Phi) is 3.08. The summed E-state index contributed by atoms with van der Waals surface area (Å²) in [5.74, 6) is -0.317. The van der Waals surface area contributed by atoms with E-state index in [0.29, 0.717) is 16.8 Å². The summed E-state index contributed by atoms with van der Waals surface area (Å²) in [6.45, 7) is 0. The number of anilines is 1. The fraction of sp³-hybridized carbons (Fsp3) is 0. The number of nitrogens with one attached hydrogen (secondary N) is 1. The number of carbonyl (C=O) groups excluding carboxylic acids is 1. The molecule has 2 aromatic heterocycles. The van der Waals surface area contributed by atoms with E-state index in [9.17, 15) is 4.79 Å².